The van der Waals surface area contributed by atoms with Gasteiger partial charge in [0, 0.05) is 13.2 Å². The van der Waals surface area contributed by atoms with Crippen LogP contribution in [0.2, 0.25) is 0 Å². The van der Waals surface area contributed by atoms with Crippen molar-refractivity contribution < 1.29 is 10.2 Å². The largest absolute Gasteiger partial charge is 0.396 e. The molecule has 0 aromatic rings. The number of aliphatic hydroxyl groups is 2. The van der Waals surface area contributed by atoms with E-state index in [9.17, 15) is 0 Å². The molecule has 0 aliphatic heterocycles. The molecule has 0 fully saturated rings. The van der Waals surface area contributed by atoms with E-state index in [2.05, 4.69) is 13.8 Å². The lowest BCUT2D eigenvalue weighted by Gasteiger charge is -1.98. The summed E-state index contributed by atoms with van der Waals surface area (Å²) >= 11 is 0. The van der Waals surface area contributed by atoms with Crippen LogP contribution in [0.5, 0.6) is 0 Å². The Balaban J connectivity index is 0. The summed E-state index contributed by atoms with van der Waals surface area (Å²) in [6.07, 6.45) is 4.41. The number of hydrogen-bond acceptors (Lipinski definition) is 2. The van der Waals surface area contributed by atoms with Gasteiger partial charge in [-0.15, -0.1) is 0 Å². The van der Waals surface area contributed by atoms with Crippen molar-refractivity contribution in [3.63, 3.8) is 0 Å². The summed E-state index contributed by atoms with van der Waals surface area (Å²) in [6, 6.07) is 0. The molecule has 2 nitrogen and oxygen atoms in total. The SMILES string of the molecule is CCC(C)CO.CCCCCO. The Hall–Kier alpha value is -0.0800. The first-order valence-electron chi connectivity index (χ1n) is 4.94. The monoisotopic (exact) mass is 176 g/mol. The number of hydrogen-bond donors (Lipinski definition) is 2. The van der Waals surface area contributed by atoms with Gasteiger partial charge in [0.1, 0.15) is 0 Å². The molecule has 1 unspecified atom stereocenters. The fraction of sp³-hybridized carbons (Fsp3) is 1.00. The minimum Gasteiger partial charge on any atom is -0.396 e. The maximum Gasteiger partial charge on any atom is 0.0456 e. The van der Waals surface area contributed by atoms with Crippen LogP contribution in [0.15, 0.2) is 0 Å². The van der Waals surface area contributed by atoms with Crippen molar-refractivity contribution in [3.05, 3.63) is 0 Å². The third-order valence-corrected chi connectivity index (χ3v) is 1.77. The van der Waals surface area contributed by atoms with Gasteiger partial charge in [-0.2, -0.15) is 0 Å². The third kappa shape index (κ3) is 16.5. The van der Waals surface area contributed by atoms with E-state index in [0.29, 0.717) is 19.1 Å². The second-order valence-corrected chi connectivity index (χ2v) is 3.13. The summed E-state index contributed by atoms with van der Waals surface area (Å²) in [5.74, 6) is 0.491. The van der Waals surface area contributed by atoms with E-state index in [1.165, 1.54) is 6.42 Å². The highest BCUT2D eigenvalue weighted by Crippen LogP contribution is 1.95. The Labute approximate surface area is 76.6 Å². The molecule has 1 atom stereocenters. The molecule has 0 radical (unpaired) electrons. The Morgan fingerprint density at radius 2 is 1.67 bits per heavy atom. The second-order valence-electron chi connectivity index (χ2n) is 3.13. The van der Waals surface area contributed by atoms with Crippen LogP contribution < -0.4 is 0 Å². The van der Waals surface area contributed by atoms with Gasteiger partial charge in [-0.25, -0.2) is 0 Å². The van der Waals surface area contributed by atoms with Crippen molar-refractivity contribution in [1.82, 2.24) is 0 Å². The van der Waals surface area contributed by atoms with Crippen molar-refractivity contribution in [3.8, 4) is 0 Å². The van der Waals surface area contributed by atoms with Gasteiger partial charge in [-0.3, -0.25) is 0 Å². The Morgan fingerprint density at radius 3 is 1.75 bits per heavy atom. The lowest BCUT2D eigenvalue weighted by atomic mass is 10.1. The van der Waals surface area contributed by atoms with E-state index >= 15 is 0 Å². The van der Waals surface area contributed by atoms with Crippen molar-refractivity contribution >= 4 is 0 Å². The topological polar surface area (TPSA) is 40.5 Å². The highest BCUT2D eigenvalue weighted by molar-refractivity contribution is 4.41. The zero-order valence-corrected chi connectivity index (χ0v) is 8.71. The van der Waals surface area contributed by atoms with Gasteiger partial charge < -0.3 is 10.2 Å². The summed E-state index contributed by atoms with van der Waals surface area (Å²) in [4.78, 5) is 0. The van der Waals surface area contributed by atoms with Crippen LogP contribution in [0, 0.1) is 5.92 Å². The fourth-order valence-electron chi connectivity index (χ4n) is 0.491. The van der Waals surface area contributed by atoms with E-state index in [1.807, 2.05) is 6.92 Å². The molecule has 76 valence electrons. The van der Waals surface area contributed by atoms with Crippen LogP contribution in [0.1, 0.15) is 46.5 Å². The predicted molar refractivity (Wildman–Crippen MR) is 53.2 cm³/mol. The van der Waals surface area contributed by atoms with Crippen molar-refractivity contribution in [2.45, 2.75) is 46.5 Å². The minimum absolute atomic E-state index is 0.330. The minimum atomic E-state index is 0.330. The summed E-state index contributed by atoms with van der Waals surface area (Å²) in [5.41, 5.74) is 0. The van der Waals surface area contributed by atoms with Crippen LogP contribution in [0.25, 0.3) is 0 Å². The number of rotatable bonds is 5. The van der Waals surface area contributed by atoms with E-state index in [4.69, 9.17) is 10.2 Å². The second kappa shape index (κ2) is 13.5. The summed E-state index contributed by atoms with van der Waals surface area (Å²) in [5, 5.41) is 16.5. The van der Waals surface area contributed by atoms with Gasteiger partial charge in [0.2, 0.25) is 0 Å². The standard InChI is InChI=1S/2C5H12O/c1-3-5(2)4-6;1-2-3-4-5-6/h5-6H,3-4H2,1-2H3;6H,2-5H2,1H3. The molecule has 2 heteroatoms. The van der Waals surface area contributed by atoms with E-state index in [0.717, 1.165) is 19.3 Å². The lowest BCUT2D eigenvalue weighted by Crippen LogP contribution is -1.96. The van der Waals surface area contributed by atoms with E-state index < -0.39 is 0 Å². The average molecular weight is 176 g/mol. The van der Waals surface area contributed by atoms with Gasteiger partial charge in [0.05, 0.1) is 0 Å². The van der Waals surface area contributed by atoms with Crippen molar-refractivity contribution in [2.24, 2.45) is 5.92 Å². The van der Waals surface area contributed by atoms with Crippen molar-refractivity contribution in [2.75, 3.05) is 13.2 Å². The first-order valence-corrected chi connectivity index (χ1v) is 4.94. The van der Waals surface area contributed by atoms with Crippen molar-refractivity contribution in [1.29, 1.82) is 0 Å². The highest BCUT2D eigenvalue weighted by Gasteiger charge is 1.90. The highest BCUT2D eigenvalue weighted by atomic mass is 16.3. The molecule has 0 saturated carbocycles. The molecule has 2 N–H and O–H groups in total. The molecule has 0 spiro atoms. The molecule has 0 aliphatic carbocycles. The fourth-order valence-corrected chi connectivity index (χ4v) is 0.491. The average Bonchev–Trinajstić information content (AvgIpc) is 2.14. The molecular weight excluding hydrogens is 152 g/mol. The quantitative estimate of drug-likeness (QED) is 0.630. The molecule has 0 aromatic carbocycles. The molecule has 0 aliphatic rings. The van der Waals surface area contributed by atoms with Gasteiger partial charge in [0.15, 0.2) is 0 Å². The first-order chi connectivity index (χ1) is 5.72. The van der Waals surface area contributed by atoms with Gasteiger partial charge in [-0.05, 0) is 12.3 Å². The molecular formula is C10H24O2. The molecule has 0 rings (SSSR count). The first kappa shape index (κ1) is 14.4. The van der Waals surface area contributed by atoms with E-state index in [1.54, 1.807) is 0 Å². The van der Waals surface area contributed by atoms with Gasteiger partial charge in [-0.1, -0.05) is 40.0 Å². The Bertz CT molecular complexity index is 56.9. The molecule has 12 heavy (non-hydrogen) atoms. The van der Waals surface area contributed by atoms with Crippen LogP contribution in [-0.4, -0.2) is 23.4 Å². The summed E-state index contributed by atoms with van der Waals surface area (Å²) in [6.45, 7) is 6.90. The summed E-state index contributed by atoms with van der Waals surface area (Å²) < 4.78 is 0. The smallest absolute Gasteiger partial charge is 0.0456 e. The zero-order chi connectivity index (χ0) is 9.82. The van der Waals surface area contributed by atoms with E-state index in [-0.39, 0.29) is 0 Å². The van der Waals surface area contributed by atoms with Crippen LogP contribution in [-0.2, 0) is 0 Å². The molecule has 0 bridgehead atoms. The normalized spacial score (nSPS) is 11.8. The summed E-state index contributed by atoms with van der Waals surface area (Å²) in [7, 11) is 0. The molecule has 0 amide bonds. The lowest BCUT2D eigenvalue weighted by molar-refractivity contribution is 0.234. The van der Waals surface area contributed by atoms with Gasteiger partial charge in [0.25, 0.3) is 0 Å². The van der Waals surface area contributed by atoms with Crippen LogP contribution in [0.3, 0.4) is 0 Å². The van der Waals surface area contributed by atoms with Crippen LogP contribution in [0.4, 0.5) is 0 Å². The van der Waals surface area contributed by atoms with Crippen LogP contribution >= 0.6 is 0 Å². The number of aliphatic hydroxyl groups excluding tert-OH is 2. The van der Waals surface area contributed by atoms with Gasteiger partial charge >= 0.3 is 0 Å². The number of unbranched alkanes of at least 4 members (excludes halogenated alkanes) is 2. The molecule has 0 saturated heterocycles. The zero-order valence-electron chi connectivity index (χ0n) is 8.71. The predicted octanol–water partition coefficient (Wildman–Crippen LogP) is 2.19. The maximum atomic E-state index is 8.33. The molecule has 0 heterocycles. The molecule has 0 aromatic heterocycles. The Kier molecular flexibility index (Phi) is 16.3. The Morgan fingerprint density at radius 1 is 1.08 bits per heavy atom. The third-order valence-electron chi connectivity index (χ3n) is 1.77. The maximum absolute atomic E-state index is 8.33.